The lowest BCUT2D eigenvalue weighted by molar-refractivity contribution is -0.142. The van der Waals surface area contributed by atoms with E-state index in [-0.39, 0.29) is 12.6 Å². The van der Waals surface area contributed by atoms with Crippen LogP contribution >= 0.6 is 0 Å². The summed E-state index contributed by atoms with van der Waals surface area (Å²) in [7, 11) is 1.35. The first-order chi connectivity index (χ1) is 8.24. The van der Waals surface area contributed by atoms with Gasteiger partial charge in [0.1, 0.15) is 5.75 Å². The molecular formula is C13H17NO3. The third-order valence-corrected chi connectivity index (χ3v) is 3.01. The zero-order valence-corrected chi connectivity index (χ0v) is 10.2. The fourth-order valence-electron chi connectivity index (χ4n) is 2.04. The summed E-state index contributed by atoms with van der Waals surface area (Å²) in [6.45, 7) is 4.15. The van der Waals surface area contributed by atoms with E-state index in [4.69, 9.17) is 4.74 Å². The van der Waals surface area contributed by atoms with Crippen LogP contribution in [0.5, 0.6) is 5.75 Å². The maximum Gasteiger partial charge on any atom is 0.343 e. The van der Waals surface area contributed by atoms with E-state index in [2.05, 4.69) is 22.6 Å². The first kappa shape index (κ1) is 11.8. The van der Waals surface area contributed by atoms with E-state index in [0.717, 1.165) is 25.3 Å². The lowest BCUT2D eigenvalue weighted by Gasteiger charge is -2.17. The largest absolute Gasteiger partial charge is 0.482 e. The van der Waals surface area contributed by atoms with E-state index in [1.807, 2.05) is 12.1 Å². The molecule has 92 valence electrons. The molecule has 1 aromatic rings. The number of rotatable bonds is 4. The van der Waals surface area contributed by atoms with Gasteiger partial charge in [-0.2, -0.15) is 0 Å². The van der Waals surface area contributed by atoms with Crippen LogP contribution in [-0.2, 0) is 16.0 Å². The summed E-state index contributed by atoms with van der Waals surface area (Å²) in [5.74, 6) is 0.354. The van der Waals surface area contributed by atoms with Gasteiger partial charge in [-0.15, -0.1) is 0 Å². The molecule has 0 fully saturated rings. The molecule has 0 spiro atoms. The van der Waals surface area contributed by atoms with Crippen molar-refractivity contribution in [3.8, 4) is 5.75 Å². The number of hydrogen-bond donors (Lipinski definition) is 0. The average molecular weight is 235 g/mol. The van der Waals surface area contributed by atoms with Crippen molar-refractivity contribution in [1.29, 1.82) is 0 Å². The number of methoxy groups -OCH3 is 1. The lowest BCUT2D eigenvalue weighted by atomic mass is 10.1. The number of anilines is 1. The van der Waals surface area contributed by atoms with E-state index in [0.29, 0.717) is 0 Å². The molecule has 0 saturated carbocycles. The van der Waals surface area contributed by atoms with Crippen LogP contribution in [0, 0.1) is 0 Å². The highest BCUT2D eigenvalue weighted by molar-refractivity contribution is 5.71. The first-order valence-electron chi connectivity index (χ1n) is 5.82. The highest BCUT2D eigenvalue weighted by Gasteiger charge is 2.18. The van der Waals surface area contributed by atoms with Crippen LogP contribution in [0.4, 0.5) is 5.69 Å². The normalized spacial score (nSPS) is 13.4. The quantitative estimate of drug-likeness (QED) is 0.743. The Morgan fingerprint density at radius 2 is 2.29 bits per heavy atom. The van der Waals surface area contributed by atoms with Gasteiger partial charge < -0.3 is 14.4 Å². The van der Waals surface area contributed by atoms with Crippen LogP contribution in [0.1, 0.15) is 12.5 Å². The summed E-state index contributed by atoms with van der Waals surface area (Å²) in [5.41, 5.74) is 2.56. The molecule has 0 N–H and O–H groups in total. The SMILES string of the molecule is CCN1CCc2ccc(OCC(=O)OC)cc21. The van der Waals surface area contributed by atoms with Gasteiger partial charge in [-0.05, 0) is 25.0 Å². The Kier molecular flexibility index (Phi) is 3.52. The zero-order chi connectivity index (χ0) is 12.3. The highest BCUT2D eigenvalue weighted by Crippen LogP contribution is 2.31. The molecule has 0 unspecified atom stereocenters. The van der Waals surface area contributed by atoms with Gasteiger partial charge in [0.2, 0.25) is 0 Å². The van der Waals surface area contributed by atoms with Crippen molar-refractivity contribution in [2.45, 2.75) is 13.3 Å². The molecule has 4 nitrogen and oxygen atoms in total. The van der Waals surface area contributed by atoms with Gasteiger partial charge in [0.05, 0.1) is 7.11 Å². The first-order valence-corrected chi connectivity index (χ1v) is 5.82. The van der Waals surface area contributed by atoms with Crippen molar-refractivity contribution in [2.24, 2.45) is 0 Å². The maximum atomic E-state index is 11.0. The number of nitrogens with zero attached hydrogens (tertiary/aromatic N) is 1. The maximum absolute atomic E-state index is 11.0. The second-order valence-electron chi connectivity index (χ2n) is 3.98. The van der Waals surface area contributed by atoms with Crippen molar-refractivity contribution in [1.82, 2.24) is 0 Å². The molecule has 0 bridgehead atoms. The lowest BCUT2D eigenvalue weighted by Crippen LogP contribution is -2.19. The molecule has 0 atom stereocenters. The number of carbonyl (C=O) groups is 1. The molecule has 2 rings (SSSR count). The molecule has 0 aromatic heterocycles. The smallest absolute Gasteiger partial charge is 0.343 e. The standard InChI is InChI=1S/C13H17NO3/c1-3-14-7-6-10-4-5-11(8-12(10)14)17-9-13(15)16-2/h4-5,8H,3,6-7,9H2,1-2H3. The fraction of sp³-hybridized carbons (Fsp3) is 0.462. The molecule has 0 radical (unpaired) electrons. The van der Waals surface area contributed by atoms with Gasteiger partial charge in [0.15, 0.2) is 6.61 Å². The number of ether oxygens (including phenoxy) is 2. The Hall–Kier alpha value is -1.71. The summed E-state index contributed by atoms with van der Waals surface area (Å²) in [6.07, 6.45) is 1.08. The van der Waals surface area contributed by atoms with Gasteiger partial charge in [-0.3, -0.25) is 0 Å². The molecule has 17 heavy (non-hydrogen) atoms. The van der Waals surface area contributed by atoms with Crippen molar-refractivity contribution in [3.63, 3.8) is 0 Å². The van der Waals surface area contributed by atoms with E-state index in [1.165, 1.54) is 18.4 Å². The van der Waals surface area contributed by atoms with Crippen LogP contribution in [-0.4, -0.2) is 32.8 Å². The van der Waals surface area contributed by atoms with Gasteiger partial charge in [-0.25, -0.2) is 4.79 Å². The van der Waals surface area contributed by atoms with E-state index in [9.17, 15) is 4.79 Å². The number of fused-ring (bicyclic) bond motifs is 1. The molecule has 1 aromatic carbocycles. The van der Waals surface area contributed by atoms with E-state index in [1.54, 1.807) is 0 Å². The van der Waals surface area contributed by atoms with Crippen LogP contribution < -0.4 is 9.64 Å². The minimum atomic E-state index is -0.363. The predicted octanol–water partition coefficient (Wildman–Crippen LogP) is 1.62. The molecule has 1 aliphatic rings. The number of hydrogen-bond acceptors (Lipinski definition) is 4. The number of likely N-dealkylation sites (N-methyl/N-ethyl adjacent to an activating group) is 1. The van der Waals surface area contributed by atoms with Crippen molar-refractivity contribution in [2.75, 3.05) is 31.7 Å². The third-order valence-electron chi connectivity index (χ3n) is 3.01. The Balaban J connectivity index is 2.08. The Labute approximate surface area is 101 Å². The number of carbonyl (C=O) groups excluding carboxylic acids is 1. The van der Waals surface area contributed by atoms with Gasteiger partial charge >= 0.3 is 5.97 Å². The van der Waals surface area contributed by atoms with Gasteiger partial charge in [0.25, 0.3) is 0 Å². The summed E-state index contributed by atoms with van der Waals surface area (Å²) >= 11 is 0. The predicted molar refractivity (Wildman–Crippen MR) is 65.5 cm³/mol. The summed E-state index contributed by atoms with van der Waals surface area (Å²) in [4.78, 5) is 13.3. The molecule has 4 heteroatoms. The zero-order valence-electron chi connectivity index (χ0n) is 10.2. The van der Waals surface area contributed by atoms with E-state index < -0.39 is 0 Å². The molecule has 0 amide bonds. The number of esters is 1. The summed E-state index contributed by atoms with van der Waals surface area (Å²) < 4.78 is 9.91. The number of benzene rings is 1. The van der Waals surface area contributed by atoms with Crippen molar-refractivity contribution < 1.29 is 14.3 Å². The summed E-state index contributed by atoms with van der Waals surface area (Å²) in [6, 6.07) is 5.97. The molecule has 1 aliphatic heterocycles. The Bertz CT molecular complexity index is 417. The van der Waals surface area contributed by atoms with Crippen molar-refractivity contribution >= 4 is 11.7 Å². The molecule has 1 heterocycles. The topological polar surface area (TPSA) is 38.8 Å². The Morgan fingerprint density at radius 1 is 1.47 bits per heavy atom. The fourth-order valence-corrected chi connectivity index (χ4v) is 2.04. The second kappa shape index (κ2) is 5.08. The van der Waals surface area contributed by atoms with Gasteiger partial charge in [-0.1, -0.05) is 6.07 Å². The van der Waals surface area contributed by atoms with Crippen LogP contribution in [0.2, 0.25) is 0 Å². The second-order valence-corrected chi connectivity index (χ2v) is 3.98. The van der Waals surface area contributed by atoms with Crippen LogP contribution in [0.25, 0.3) is 0 Å². The van der Waals surface area contributed by atoms with E-state index >= 15 is 0 Å². The minimum absolute atomic E-state index is 0.0403. The minimum Gasteiger partial charge on any atom is -0.482 e. The van der Waals surface area contributed by atoms with Crippen LogP contribution in [0.3, 0.4) is 0 Å². The summed E-state index contributed by atoms with van der Waals surface area (Å²) in [5, 5.41) is 0. The monoisotopic (exact) mass is 235 g/mol. The molecule has 0 aliphatic carbocycles. The van der Waals surface area contributed by atoms with Gasteiger partial charge in [0, 0.05) is 24.8 Å². The Morgan fingerprint density at radius 3 is 3.00 bits per heavy atom. The van der Waals surface area contributed by atoms with Crippen LogP contribution in [0.15, 0.2) is 18.2 Å². The third kappa shape index (κ3) is 2.52. The average Bonchev–Trinajstić information content (AvgIpc) is 2.78. The van der Waals surface area contributed by atoms with Crippen molar-refractivity contribution in [3.05, 3.63) is 23.8 Å². The highest BCUT2D eigenvalue weighted by atomic mass is 16.6. The molecule has 0 saturated heterocycles. The molecular weight excluding hydrogens is 218 g/mol.